The summed E-state index contributed by atoms with van der Waals surface area (Å²) in [6.45, 7) is 0.820. The molecule has 2 aromatic heterocycles. The maximum Gasteiger partial charge on any atom is 0.259 e. The van der Waals surface area contributed by atoms with Crippen molar-refractivity contribution in [3.05, 3.63) is 48.3 Å². The number of fused-ring (bicyclic) bond motifs is 4. The van der Waals surface area contributed by atoms with E-state index in [2.05, 4.69) is 10.3 Å². The van der Waals surface area contributed by atoms with E-state index >= 15 is 0 Å². The highest BCUT2D eigenvalue weighted by Crippen LogP contribution is 2.35. The van der Waals surface area contributed by atoms with E-state index in [0.717, 1.165) is 54.0 Å². The van der Waals surface area contributed by atoms with Gasteiger partial charge < -0.3 is 19.5 Å². The smallest absolute Gasteiger partial charge is 0.259 e. The van der Waals surface area contributed by atoms with E-state index in [0.29, 0.717) is 5.56 Å². The fraction of sp³-hybridized carbons (Fsp3) is 0.300. The molecule has 0 spiro atoms. The number of methoxy groups -OCH3 is 1. The highest BCUT2D eigenvalue weighted by atomic mass is 16.5. The van der Waals surface area contributed by atoms with Gasteiger partial charge in [0.2, 0.25) is 0 Å². The molecule has 0 radical (unpaired) electrons. The van der Waals surface area contributed by atoms with Crippen molar-refractivity contribution in [2.75, 3.05) is 19.0 Å². The number of carbonyl (C=O) groups is 1. The number of hydrogen-bond donors (Lipinski definition) is 1. The number of nitrogens with one attached hydrogen (secondary N) is 1. The molecule has 2 aliphatic rings. The van der Waals surface area contributed by atoms with E-state index in [-0.39, 0.29) is 12.1 Å². The van der Waals surface area contributed by atoms with Gasteiger partial charge in [0.1, 0.15) is 17.6 Å². The molecule has 1 fully saturated rings. The van der Waals surface area contributed by atoms with Gasteiger partial charge in [-0.3, -0.25) is 4.79 Å². The molecule has 1 N–H and O–H groups in total. The Morgan fingerprint density at radius 2 is 2.04 bits per heavy atom. The van der Waals surface area contributed by atoms with Crippen LogP contribution >= 0.6 is 0 Å². The molecule has 6 heteroatoms. The van der Waals surface area contributed by atoms with E-state index in [1.165, 1.54) is 0 Å². The summed E-state index contributed by atoms with van der Waals surface area (Å²) in [5.41, 5.74) is 3.44. The normalized spacial score (nSPS) is 19.0. The molecule has 1 amide bonds. The number of nitrogens with zero attached hydrogens (tertiary/aromatic N) is 3. The molecule has 1 unspecified atom stereocenters. The molecule has 4 heterocycles. The van der Waals surface area contributed by atoms with Crippen molar-refractivity contribution in [2.45, 2.75) is 25.4 Å². The summed E-state index contributed by atoms with van der Waals surface area (Å²) in [4.78, 5) is 19.4. The SMILES string of the molecule is COc1ccc(-n2ccc3c4c(cnc32)C(=O)N2CCCCC2N4)cc1. The van der Waals surface area contributed by atoms with E-state index in [1.807, 2.05) is 46.0 Å². The largest absolute Gasteiger partial charge is 0.497 e. The van der Waals surface area contributed by atoms with Crippen LogP contribution in [-0.2, 0) is 0 Å². The summed E-state index contributed by atoms with van der Waals surface area (Å²) in [5.74, 6) is 0.912. The van der Waals surface area contributed by atoms with Gasteiger partial charge in [0.25, 0.3) is 5.91 Å². The summed E-state index contributed by atoms with van der Waals surface area (Å²) < 4.78 is 7.27. The predicted octanol–water partition coefficient (Wildman–Crippen LogP) is 3.41. The van der Waals surface area contributed by atoms with Crippen LogP contribution < -0.4 is 10.1 Å². The first-order chi connectivity index (χ1) is 12.8. The average Bonchev–Trinajstić information content (AvgIpc) is 3.13. The highest BCUT2D eigenvalue weighted by molar-refractivity contribution is 6.08. The molecule has 26 heavy (non-hydrogen) atoms. The topological polar surface area (TPSA) is 59.4 Å². The van der Waals surface area contributed by atoms with Crippen LogP contribution in [0.4, 0.5) is 5.69 Å². The third kappa shape index (κ3) is 2.18. The van der Waals surface area contributed by atoms with Crippen LogP contribution in [0.2, 0.25) is 0 Å². The first-order valence-electron chi connectivity index (χ1n) is 8.98. The van der Waals surface area contributed by atoms with Crippen LogP contribution in [0.1, 0.15) is 29.6 Å². The lowest BCUT2D eigenvalue weighted by molar-refractivity contribution is 0.0628. The van der Waals surface area contributed by atoms with Gasteiger partial charge in [0.05, 0.1) is 18.4 Å². The maximum absolute atomic E-state index is 12.9. The highest BCUT2D eigenvalue weighted by Gasteiger charge is 2.35. The second-order valence-electron chi connectivity index (χ2n) is 6.82. The Balaban J connectivity index is 1.62. The monoisotopic (exact) mass is 348 g/mol. The van der Waals surface area contributed by atoms with Crippen molar-refractivity contribution < 1.29 is 9.53 Å². The number of piperidine rings is 1. The molecule has 0 bridgehead atoms. The number of amides is 1. The van der Waals surface area contributed by atoms with E-state index < -0.39 is 0 Å². The number of anilines is 1. The van der Waals surface area contributed by atoms with Crippen LogP contribution in [0.3, 0.4) is 0 Å². The van der Waals surface area contributed by atoms with Gasteiger partial charge in [-0.2, -0.15) is 0 Å². The number of benzene rings is 1. The molecule has 5 rings (SSSR count). The number of carbonyl (C=O) groups excluding carboxylic acids is 1. The number of hydrogen-bond acceptors (Lipinski definition) is 4. The Labute approximate surface area is 151 Å². The number of aromatic nitrogens is 2. The molecule has 1 saturated heterocycles. The molecule has 1 aromatic carbocycles. The quantitative estimate of drug-likeness (QED) is 0.771. The lowest BCUT2D eigenvalue weighted by Crippen LogP contribution is -2.51. The van der Waals surface area contributed by atoms with Gasteiger partial charge in [-0.15, -0.1) is 0 Å². The van der Waals surface area contributed by atoms with Crippen molar-refractivity contribution in [3.8, 4) is 11.4 Å². The fourth-order valence-corrected chi connectivity index (χ4v) is 4.00. The van der Waals surface area contributed by atoms with Crippen molar-refractivity contribution in [2.24, 2.45) is 0 Å². The molecule has 0 aliphatic carbocycles. The average molecular weight is 348 g/mol. The van der Waals surface area contributed by atoms with Crippen LogP contribution in [0.25, 0.3) is 16.7 Å². The van der Waals surface area contributed by atoms with E-state index in [1.54, 1.807) is 13.3 Å². The third-order valence-corrected chi connectivity index (χ3v) is 5.37. The summed E-state index contributed by atoms with van der Waals surface area (Å²) in [6, 6.07) is 9.90. The van der Waals surface area contributed by atoms with Crippen LogP contribution in [0, 0.1) is 0 Å². The van der Waals surface area contributed by atoms with Gasteiger partial charge >= 0.3 is 0 Å². The molecule has 0 saturated carbocycles. The minimum absolute atomic E-state index is 0.0926. The van der Waals surface area contributed by atoms with Gasteiger partial charge in [0, 0.05) is 30.0 Å². The first kappa shape index (κ1) is 15.3. The second kappa shape index (κ2) is 5.76. The van der Waals surface area contributed by atoms with Gasteiger partial charge in [-0.1, -0.05) is 0 Å². The standard InChI is InChI=1S/C20H20N4O2/c1-26-14-7-5-13(6-8-14)23-11-9-15-18-16(12-21-19(15)23)20(25)24-10-3-2-4-17(24)22-18/h5-9,11-12,17,22H,2-4,10H2,1H3. The molecule has 6 nitrogen and oxygen atoms in total. The molecule has 132 valence electrons. The van der Waals surface area contributed by atoms with E-state index in [4.69, 9.17) is 4.74 Å². The number of pyridine rings is 1. The second-order valence-corrected chi connectivity index (χ2v) is 6.82. The zero-order valence-corrected chi connectivity index (χ0v) is 14.6. The minimum atomic E-state index is 0.0926. The molecular formula is C20H20N4O2. The number of rotatable bonds is 2. The first-order valence-corrected chi connectivity index (χ1v) is 8.98. The maximum atomic E-state index is 12.9. The fourth-order valence-electron chi connectivity index (χ4n) is 4.00. The summed E-state index contributed by atoms with van der Waals surface area (Å²) in [6.07, 6.45) is 7.02. The molecule has 2 aliphatic heterocycles. The summed E-state index contributed by atoms with van der Waals surface area (Å²) >= 11 is 0. The van der Waals surface area contributed by atoms with Crippen molar-refractivity contribution in [1.82, 2.24) is 14.5 Å². The van der Waals surface area contributed by atoms with Gasteiger partial charge in [0.15, 0.2) is 0 Å². The van der Waals surface area contributed by atoms with Crippen molar-refractivity contribution in [3.63, 3.8) is 0 Å². The Hall–Kier alpha value is -3.02. The summed E-state index contributed by atoms with van der Waals surface area (Å²) in [5, 5.41) is 4.57. The third-order valence-electron chi connectivity index (χ3n) is 5.37. The lowest BCUT2D eigenvalue weighted by atomic mass is 10.0. The van der Waals surface area contributed by atoms with Crippen molar-refractivity contribution in [1.29, 1.82) is 0 Å². The Morgan fingerprint density at radius 3 is 2.85 bits per heavy atom. The zero-order chi connectivity index (χ0) is 17.7. The lowest BCUT2D eigenvalue weighted by Gasteiger charge is -2.40. The van der Waals surface area contributed by atoms with E-state index in [9.17, 15) is 4.79 Å². The Bertz CT molecular complexity index is 993. The predicted molar refractivity (Wildman–Crippen MR) is 99.9 cm³/mol. The number of ether oxygens (including phenoxy) is 1. The molecular weight excluding hydrogens is 328 g/mol. The zero-order valence-electron chi connectivity index (χ0n) is 14.6. The molecule has 1 atom stereocenters. The minimum Gasteiger partial charge on any atom is -0.497 e. The Morgan fingerprint density at radius 1 is 1.19 bits per heavy atom. The van der Waals surface area contributed by atoms with Crippen LogP contribution in [-0.4, -0.2) is 40.2 Å². The van der Waals surface area contributed by atoms with Crippen LogP contribution in [0.5, 0.6) is 5.75 Å². The van der Waals surface area contributed by atoms with Crippen LogP contribution in [0.15, 0.2) is 42.7 Å². The molecule has 3 aromatic rings. The Kier molecular flexibility index (Phi) is 3.38. The summed E-state index contributed by atoms with van der Waals surface area (Å²) in [7, 11) is 1.66. The van der Waals surface area contributed by atoms with Crippen molar-refractivity contribution >= 4 is 22.6 Å². The van der Waals surface area contributed by atoms with Gasteiger partial charge in [-0.05, 0) is 49.6 Å². The van der Waals surface area contributed by atoms with Gasteiger partial charge in [-0.25, -0.2) is 4.98 Å².